The van der Waals surface area contributed by atoms with E-state index >= 15 is 0 Å². The predicted molar refractivity (Wildman–Crippen MR) is 102 cm³/mol. The van der Waals surface area contributed by atoms with Gasteiger partial charge in [0.15, 0.2) is 0 Å². The van der Waals surface area contributed by atoms with E-state index < -0.39 is 0 Å². The maximum atomic E-state index is 12.7. The van der Waals surface area contributed by atoms with Crippen molar-refractivity contribution in [3.63, 3.8) is 0 Å². The molecule has 1 aliphatic rings. The number of H-pyrrole nitrogens is 1. The molecule has 2 rings (SSSR count). The molecule has 0 saturated carbocycles. The first-order valence-corrected chi connectivity index (χ1v) is 9.32. The third kappa shape index (κ3) is 4.63. The number of nitrogens with zero attached hydrogens (tertiary/aromatic N) is 3. The van der Waals surface area contributed by atoms with Crippen LogP contribution >= 0.6 is 0 Å². The van der Waals surface area contributed by atoms with Gasteiger partial charge >= 0.3 is 0 Å². The molecule has 1 saturated heterocycles. The van der Waals surface area contributed by atoms with Crippen LogP contribution in [0, 0.1) is 5.41 Å². The van der Waals surface area contributed by atoms with Crippen molar-refractivity contribution in [3.8, 4) is 0 Å². The molecular weight excluding hydrogens is 330 g/mol. The lowest BCUT2D eigenvalue weighted by molar-refractivity contribution is -0.129. The SMILES string of the molecule is CC(C)c1cc(C(=O)N2CCC(NC(=O)C(N(C)C)C(C)(C)C)C2)n[nH]1. The second-order valence-electron chi connectivity index (χ2n) is 8.84. The van der Waals surface area contributed by atoms with Crippen LogP contribution in [0.15, 0.2) is 6.07 Å². The molecule has 2 unspecified atom stereocenters. The van der Waals surface area contributed by atoms with E-state index in [2.05, 4.69) is 50.1 Å². The Bertz CT molecular complexity index is 645. The minimum atomic E-state index is -0.216. The standard InChI is InChI=1S/C19H33N5O2/c1-12(2)14-10-15(22-21-14)18(26)24-9-8-13(11-24)20-17(25)16(23(6)7)19(3,4)5/h10,12-13,16H,8-9,11H2,1-7H3,(H,20,25)(H,21,22). The molecule has 26 heavy (non-hydrogen) atoms. The van der Waals surface area contributed by atoms with Crippen LogP contribution in [0.25, 0.3) is 0 Å². The van der Waals surface area contributed by atoms with Crippen LogP contribution in [0.2, 0.25) is 0 Å². The van der Waals surface area contributed by atoms with Crippen LogP contribution in [-0.2, 0) is 4.79 Å². The van der Waals surface area contributed by atoms with Crippen LogP contribution in [0.3, 0.4) is 0 Å². The van der Waals surface area contributed by atoms with Gasteiger partial charge < -0.3 is 10.2 Å². The molecule has 1 fully saturated rings. The number of likely N-dealkylation sites (tertiary alicyclic amines) is 1. The lowest BCUT2D eigenvalue weighted by atomic mass is 9.85. The minimum absolute atomic E-state index is 0.0141. The largest absolute Gasteiger partial charge is 0.350 e. The number of rotatable bonds is 5. The van der Waals surface area contributed by atoms with Gasteiger partial charge in [0.05, 0.1) is 6.04 Å². The molecule has 2 atom stereocenters. The average Bonchev–Trinajstić information content (AvgIpc) is 3.13. The van der Waals surface area contributed by atoms with E-state index in [1.807, 2.05) is 25.1 Å². The van der Waals surface area contributed by atoms with Gasteiger partial charge in [-0.25, -0.2) is 0 Å². The average molecular weight is 364 g/mol. The summed E-state index contributed by atoms with van der Waals surface area (Å²) in [6, 6.07) is 1.59. The van der Waals surface area contributed by atoms with Crippen LogP contribution in [0.4, 0.5) is 0 Å². The predicted octanol–water partition coefficient (Wildman–Crippen LogP) is 1.84. The van der Waals surface area contributed by atoms with Crippen molar-refractivity contribution in [2.24, 2.45) is 5.41 Å². The van der Waals surface area contributed by atoms with E-state index in [1.54, 1.807) is 4.90 Å². The summed E-state index contributed by atoms with van der Waals surface area (Å²) in [7, 11) is 3.84. The molecule has 7 heteroatoms. The smallest absolute Gasteiger partial charge is 0.274 e. The zero-order valence-corrected chi connectivity index (χ0v) is 17.1. The molecule has 1 aromatic heterocycles. The Balaban J connectivity index is 1.97. The van der Waals surface area contributed by atoms with Crippen molar-refractivity contribution in [3.05, 3.63) is 17.5 Å². The van der Waals surface area contributed by atoms with E-state index in [1.165, 1.54) is 0 Å². The molecular formula is C19H33N5O2. The van der Waals surface area contributed by atoms with Crippen molar-refractivity contribution >= 4 is 11.8 Å². The number of aromatic amines is 1. The Kier molecular flexibility index (Phi) is 6.11. The third-order valence-electron chi connectivity index (χ3n) is 4.85. The molecule has 0 aromatic carbocycles. The number of aromatic nitrogens is 2. The van der Waals surface area contributed by atoms with Gasteiger partial charge in [0.2, 0.25) is 5.91 Å². The first-order valence-electron chi connectivity index (χ1n) is 9.32. The Morgan fingerprint density at radius 3 is 2.50 bits per heavy atom. The summed E-state index contributed by atoms with van der Waals surface area (Å²) in [6.45, 7) is 11.5. The molecule has 0 bridgehead atoms. The highest BCUT2D eigenvalue weighted by atomic mass is 16.2. The normalized spacial score (nSPS) is 19.3. The monoisotopic (exact) mass is 363 g/mol. The van der Waals surface area contributed by atoms with E-state index in [-0.39, 0.29) is 29.3 Å². The zero-order valence-electron chi connectivity index (χ0n) is 17.1. The van der Waals surface area contributed by atoms with Gasteiger partial charge in [-0.15, -0.1) is 0 Å². The van der Waals surface area contributed by atoms with Crippen molar-refractivity contribution in [1.82, 2.24) is 25.3 Å². The Morgan fingerprint density at radius 2 is 2.00 bits per heavy atom. The molecule has 0 radical (unpaired) electrons. The first kappa shape index (κ1) is 20.4. The lowest BCUT2D eigenvalue weighted by Crippen LogP contribution is -2.53. The number of likely N-dealkylation sites (N-methyl/N-ethyl adjacent to an activating group) is 1. The highest BCUT2D eigenvalue weighted by molar-refractivity contribution is 5.92. The molecule has 2 N–H and O–H groups in total. The second kappa shape index (κ2) is 7.78. The molecule has 0 spiro atoms. The topological polar surface area (TPSA) is 81.3 Å². The van der Waals surface area contributed by atoms with E-state index in [0.29, 0.717) is 24.7 Å². The summed E-state index contributed by atoms with van der Waals surface area (Å²) in [4.78, 5) is 29.1. The number of carbonyl (C=O) groups is 2. The Morgan fingerprint density at radius 1 is 1.35 bits per heavy atom. The molecule has 146 valence electrons. The summed E-state index contributed by atoms with van der Waals surface area (Å²) >= 11 is 0. The lowest BCUT2D eigenvalue weighted by Gasteiger charge is -2.35. The van der Waals surface area contributed by atoms with Gasteiger partial charge in [-0.2, -0.15) is 5.10 Å². The van der Waals surface area contributed by atoms with Gasteiger partial charge in [-0.3, -0.25) is 19.6 Å². The van der Waals surface area contributed by atoms with Gasteiger partial charge in [-0.05, 0) is 37.9 Å². The van der Waals surface area contributed by atoms with Gasteiger partial charge in [0.25, 0.3) is 5.91 Å². The summed E-state index contributed by atoms with van der Waals surface area (Å²) in [5, 5.41) is 10.2. The van der Waals surface area contributed by atoms with Gasteiger partial charge in [0, 0.05) is 24.8 Å². The summed E-state index contributed by atoms with van der Waals surface area (Å²) in [6.07, 6.45) is 0.767. The number of carbonyl (C=O) groups excluding carboxylic acids is 2. The molecule has 1 aliphatic heterocycles. The maximum Gasteiger partial charge on any atom is 0.274 e. The van der Waals surface area contributed by atoms with E-state index in [9.17, 15) is 9.59 Å². The number of hydrogen-bond acceptors (Lipinski definition) is 4. The molecule has 2 heterocycles. The van der Waals surface area contributed by atoms with Crippen molar-refractivity contribution in [2.75, 3.05) is 27.2 Å². The summed E-state index contributed by atoms with van der Waals surface area (Å²) in [5.74, 6) is 0.239. The number of hydrogen-bond donors (Lipinski definition) is 2. The van der Waals surface area contributed by atoms with E-state index in [0.717, 1.165) is 12.1 Å². The minimum Gasteiger partial charge on any atom is -0.350 e. The highest BCUT2D eigenvalue weighted by Crippen LogP contribution is 2.24. The summed E-state index contributed by atoms with van der Waals surface area (Å²) in [5.41, 5.74) is 1.24. The number of amides is 2. The van der Waals surface area contributed by atoms with Crippen LogP contribution in [0.5, 0.6) is 0 Å². The molecule has 7 nitrogen and oxygen atoms in total. The fourth-order valence-electron chi connectivity index (χ4n) is 3.65. The second-order valence-corrected chi connectivity index (χ2v) is 8.84. The van der Waals surface area contributed by atoms with Crippen LogP contribution < -0.4 is 5.32 Å². The third-order valence-corrected chi connectivity index (χ3v) is 4.85. The maximum absolute atomic E-state index is 12.7. The first-order chi connectivity index (χ1) is 12.0. The molecule has 0 aliphatic carbocycles. The fraction of sp³-hybridized carbons (Fsp3) is 0.737. The van der Waals surface area contributed by atoms with Crippen molar-refractivity contribution in [1.29, 1.82) is 0 Å². The van der Waals surface area contributed by atoms with E-state index in [4.69, 9.17) is 0 Å². The zero-order chi connectivity index (χ0) is 19.6. The summed E-state index contributed by atoms with van der Waals surface area (Å²) < 4.78 is 0. The van der Waals surface area contributed by atoms with Crippen molar-refractivity contribution < 1.29 is 9.59 Å². The Hall–Kier alpha value is -1.89. The molecule has 2 amide bonds. The van der Waals surface area contributed by atoms with Gasteiger partial charge in [-0.1, -0.05) is 34.6 Å². The molecule has 1 aromatic rings. The highest BCUT2D eigenvalue weighted by Gasteiger charge is 2.36. The fourth-order valence-corrected chi connectivity index (χ4v) is 3.65. The van der Waals surface area contributed by atoms with Crippen LogP contribution in [0.1, 0.15) is 63.1 Å². The van der Waals surface area contributed by atoms with Crippen LogP contribution in [-0.4, -0.2) is 71.1 Å². The van der Waals surface area contributed by atoms with Crippen molar-refractivity contribution in [2.45, 2.75) is 59.0 Å². The Labute approximate surface area is 156 Å². The van der Waals surface area contributed by atoms with Gasteiger partial charge in [0.1, 0.15) is 5.69 Å². The quantitative estimate of drug-likeness (QED) is 0.836. The number of nitrogens with one attached hydrogen (secondary N) is 2.